The Hall–Kier alpha value is -0.287. The zero-order valence-electron chi connectivity index (χ0n) is 7.09. The second kappa shape index (κ2) is 3.62. The second-order valence-corrected chi connectivity index (χ2v) is 8.64. The van der Waals surface area contributed by atoms with Crippen molar-refractivity contribution in [3.05, 3.63) is 43.0 Å². The van der Waals surface area contributed by atoms with Crippen LogP contribution in [0.2, 0.25) is 0 Å². The van der Waals surface area contributed by atoms with Crippen molar-refractivity contribution in [1.29, 1.82) is 0 Å². The molecule has 12 heavy (non-hydrogen) atoms. The van der Waals surface area contributed by atoms with Crippen LogP contribution in [0, 0.1) is 0 Å². The van der Waals surface area contributed by atoms with E-state index < -0.39 is 21.3 Å². The average Bonchev–Trinajstić information content (AvgIpc) is 2.77. The van der Waals surface area contributed by atoms with Crippen molar-refractivity contribution < 1.29 is 21.3 Å². The first-order valence-electron chi connectivity index (χ1n) is 4.29. The Morgan fingerprint density at radius 2 is 1.50 bits per heavy atom. The summed E-state index contributed by atoms with van der Waals surface area (Å²) < 4.78 is 7.67. The van der Waals surface area contributed by atoms with Gasteiger partial charge in [-0.15, -0.1) is 0 Å². The molecule has 0 N–H and O–H groups in total. The molecule has 2 aliphatic rings. The van der Waals surface area contributed by atoms with Gasteiger partial charge in [-0.1, -0.05) is 0 Å². The summed E-state index contributed by atoms with van der Waals surface area (Å²) in [5.74, 6) is 0. The van der Waals surface area contributed by atoms with Crippen LogP contribution >= 0.6 is 0 Å². The molecule has 2 aliphatic carbocycles. The normalized spacial score (nSPS) is 19.7. The van der Waals surface area contributed by atoms with Crippen LogP contribution in [0.3, 0.4) is 0 Å². The van der Waals surface area contributed by atoms with Crippen LogP contribution in [0.25, 0.3) is 0 Å². The summed E-state index contributed by atoms with van der Waals surface area (Å²) in [5.41, 5.74) is 0. The van der Waals surface area contributed by atoms with E-state index in [1.165, 1.54) is 12.8 Å². The predicted molar refractivity (Wildman–Crippen MR) is 50.8 cm³/mol. The van der Waals surface area contributed by atoms with Crippen LogP contribution in [-0.4, -0.2) is 4.21 Å². The zero-order valence-corrected chi connectivity index (χ0v) is 9.54. The molecule has 0 radical (unpaired) electrons. The van der Waals surface area contributed by atoms with Gasteiger partial charge in [-0.3, -0.25) is 0 Å². The minimum absolute atomic E-state index is 1.18. The molecule has 0 heterocycles. The van der Waals surface area contributed by atoms with Gasteiger partial charge in [0.15, 0.2) is 0 Å². The van der Waals surface area contributed by atoms with Gasteiger partial charge in [0, 0.05) is 0 Å². The van der Waals surface area contributed by atoms with Gasteiger partial charge in [-0.2, -0.15) is 0 Å². The summed E-state index contributed by atoms with van der Waals surface area (Å²) in [6.07, 6.45) is 15.7. The Bertz CT molecular complexity index is 295. The van der Waals surface area contributed by atoms with Gasteiger partial charge in [0.05, 0.1) is 0 Å². The molecule has 0 aromatic heterocycles. The molecule has 0 unspecified atom stereocenters. The summed E-state index contributed by atoms with van der Waals surface area (Å²) in [7, 11) is 0. The molecule has 0 bridgehead atoms. The summed E-state index contributed by atoms with van der Waals surface area (Å²) in [6.45, 7) is 0. The first-order chi connectivity index (χ1) is 5.88. The summed E-state index contributed by atoms with van der Waals surface area (Å²) in [4.78, 5) is 0. The van der Waals surface area contributed by atoms with Crippen molar-refractivity contribution in [2.24, 2.45) is 0 Å². The Kier molecular flexibility index (Phi) is 2.51. The molecule has 60 valence electrons. The fraction of sp³-hybridized carbons (Fsp3) is 0.182. The summed E-state index contributed by atoms with van der Waals surface area (Å²) in [5, 5.41) is 0. The Morgan fingerprint density at radius 1 is 1.00 bits per heavy atom. The van der Waals surface area contributed by atoms with Crippen molar-refractivity contribution in [1.82, 2.24) is 0 Å². The van der Waals surface area contributed by atoms with Crippen LogP contribution < -0.4 is 0 Å². The first kappa shape index (κ1) is 8.32. The SMILES string of the molecule is [CH2]=[Zr]([C]1=CC=CC1)[C]1=CC=CC1. The van der Waals surface area contributed by atoms with Gasteiger partial charge in [0.2, 0.25) is 0 Å². The van der Waals surface area contributed by atoms with Crippen LogP contribution in [0.15, 0.2) is 43.0 Å². The van der Waals surface area contributed by atoms with E-state index in [0.29, 0.717) is 0 Å². The van der Waals surface area contributed by atoms with E-state index in [-0.39, 0.29) is 0 Å². The fourth-order valence-corrected chi connectivity index (χ4v) is 5.81. The van der Waals surface area contributed by atoms with E-state index in [9.17, 15) is 0 Å². The number of hydrogen-bond acceptors (Lipinski definition) is 0. The maximum atomic E-state index is 4.38. The van der Waals surface area contributed by atoms with Crippen LogP contribution in [0.4, 0.5) is 0 Å². The molecule has 0 amide bonds. The molecule has 0 aliphatic heterocycles. The Balaban J connectivity index is 2.11. The third-order valence-corrected chi connectivity index (χ3v) is 7.95. The molecule has 2 rings (SSSR count). The predicted octanol–water partition coefficient (Wildman–Crippen LogP) is 2.72. The van der Waals surface area contributed by atoms with Gasteiger partial charge in [0.1, 0.15) is 0 Å². The van der Waals surface area contributed by atoms with Crippen LogP contribution in [0.1, 0.15) is 12.8 Å². The third-order valence-electron chi connectivity index (χ3n) is 2.32. The van der Waals surface area contributed by atoms with Crippen LogP contribution in [0.5, 0.6) is 0 Å². The third kappa shape index (κ3) is 1.56. The first-order valence-corrected chi connectivity index (χ1v) is 8.48. The maximum absolute atomic E-state index is 4.38. The van der Waals surface area contributed by atoms with Crippen molar-refractivity contribution >= 4 is 4.21 Å². The van der Waals surface area contributed by atoms with Crippen molar-refractivity contribution in [3.8, 4) is 0 Å². The molecule has 0 saturated heterocycles. The zero-order chi connectivity index (χ0) is 8.39. The standard InChI is InChI=1S/2C5H5.CH2.Zr/c2*1-2-4-5-3-1;;/h2*1-3H,4H2;1H2;. The monoisotopic (exact) mass is 234 g/mol. The number of allylic oxidation sites excluding steroid dienone is 8. The molecular weight excluding hydrogens is 223 g/mol. The average molecular weight is 235 g/mol. The van der Waals surface area contributed by atoms with E-state index in [2.05, 4.69) is 40.7 Å². The second-order valence-electron chi connectivity index (χ2n) is 3.13. The Morgan fingerprint density at radius 3 is 1.83 bits per heavy atom. The topological polar surface area (TPSA) is 0 Å². The molecule has 0 atom stereocenters. The van der Waals surface area contributed by atoms with Crippen molar-refractivity contribution in [3.63, 3.8) is 0 Å². The molecule has 0 nitrogen and oxygen atoms in total. The van der Waals surface area contributed by atoms with Gasteiger partial charge < -0.3 is 0 Å². The van der Waals surface area contributed by atoms with Gasteiger partial charge in [0.25, 0.3) is 0 Å². The molecular formula is C11H12Zr. The van der Waals surface area contributed by atoms with Gasteiger partial charge >= 0.3 is 81.3 Å². The molecule has 0 aromatic carbocycles. The van der Waals surface area contributed by atoms with E-state index in [4.69, 9.17) is 0 Å². The Labute approximate surface area is 81.1 Å². The number of hydrogen-bond donors (Lipinski definition) is 0. The summed E-state index contributed by atoms with van der Waals surface area (Å²) in [6, 6.07) is 0. The molecule has 1 heteroatoms. The van der Waals surface area contributed by atoms with Crippen molar-refractivity contribution in [2.45, 2.75) is 12.8 Å². The molecule has 0 spiro atoms. The van der Waals surface area contributed by atoms with E-state index in [1.54, 1.807) is 6.56 Å². The van der Waals surface area contributed by atoms with E-state index in [1.807, 2.05) is 0 Å². The fourth-order valence-electron chi connectivity index (χ4n) is 1.55. The summed E-state index contributed by atoms with van der Waals surface area (Å²) >= 11 is -1.52. The molecule has 0 saturated carbocycles. The van der Waals surface area contributed by atoms with Crippen LogP contribution in [-0.2, 0) is 21.3 Å². The number of rotatable bonds is 2. The van der Waals surface area contributed by atoms with Gasteiger partial charge in [-0.25, -0.2) is 0 Å². The molecule has 0 aromatic rings. The minimum atomic E-state index is -1.52. The molecule has 0 fully saturated rings. The van der Waals surface area contributed by atoms with E-state index >= 15 is 0 Å². The van der Waals surface area contributed by atoms with Crippen molar-refractivity contribution in [2.75, 3.05) is 0 Å². The van der Waals surface area contributed by atoms with E-state index in [0.717, 1.165) is 0 Å². The van der Waals surface area contributed by atoms with Gasteiger partial charge in [-0.05, 0) is 0 Å². The quantitative estimate of drug-likeness (QED) is 0.690.